The lowest BCUT2D eigenvalue weighted by atomic mass is 10.0. The molecule has 0 bridgehead atoms. The fraction of sp³-hybridized carbons (Fsp3) is 0.667. The first-order chi connectivity index (χ1) is 11.7. The van der Waals surface area contributed by atoms with E-state index in [1.807, 2.05) is 20.8 Å². The van der Waals surface area contributed by atoms with Crippen molar-refractivity contribution < 1.29 is 18.0 Å². The highest BCUT2D eigenvalue weighted by Crippen LogP contribution is 2.33. The number of aromatic nitrogens is 4. The molecule has 2 aromatic rings. The Bertz CT molecular complexity index is 844. The molecule has 0 aromatic carbocycles. The molecule has 1 aliphatic heterocycles. The minimum atomic E-state index is -3.78. The molecule has 10 heteroatoms. The number of sulfonamides is 1. The first-order valence-electron chi connectivity index (χ1n) is 8.32. The van der Waals surface area contributed by atoms with E-state index >= 15 is 0 Å². The van der Waals surface area contributed by atoms with Crippen LogP contribution in [0.15, 0.2) is 22.1 Å². The first kappa shape index (κ1) is 18.0. The molecule has 0 amide bonds. The average molecular weight is 369 g/mol. The summed E-state index contributed by atoms with van der Waals surface area (Å²) in [7, 11) is -3.78. The summed E-state index contributed by atoms with van der Waals surface area (Å²) < 4.78 is 33.6. The summed E-state index contributed by atoms with van der Waals surface area (Å²) in [6.45, 7) is 6.69. The second-order valence-electron chi connectivity index (χ2n) is 6.79. The van der Waals surface area contributed by atoms with Crippen molar-refractivity contribution >= 4 is 10.0 Å². The Hall–Kier alpha value is -1.78. The maximum absolute atomic E-state index is 12.8. The number of rotatable bonds is 6. The Labute approximate surface area is 146 Å². The molecule has 0 spiro atoms. The topological polar surface area (TPSA) is 114 Å². The second-order valence-corrected chi connectivity index (χ2v) is 8.68. The van der Waals surface area contributed by atoms with Crippen LogP contribution in [0.3, 0.4) is 0 Å². The van der Waals surface area contributed by atoms with Gasteiger partial charge in [-0.15, -0.1) is 0 Å². The Morgan fingerprint density at radius 3 is 2.84 bits per heavy atom. The van der Waals surface area contributed by atoms with Crippen LogP contribution in [-0.2, 0) is 28.6 Å². The number of nitrogens with zero attached hydrogens (tertiary/aromatic N) is 5. The van der Waals surface area contributed by atoms with Gasteiger partial charge in [-0.2, -0.15) is 9.29 Å². The number of imidazole rings is 1. The van der Waals surface area contributed by atoms with Gasteiger partial charge in [0, 0.05) is 32.1 Å². The molecule has 9 nitrogen and oxygen atoms in total. The van der Waals surface area contributed by atoms with Crippen LogP contribution >= 0.6 is 0 Å². The second kappa shape index (κ2) is 6.50. The van der Waals surface area contributed by atoms with Gasteiger partial charge in [-0.25, -0.2) is 13.4 Å². The molecular formula is C15H23N5O4S. The van der Waals surface area contributed by atoms with E-state index in [0.29, 0.717) is 24.7 Å². The minimum absolute atomic E-state index is 0.0165. The van der Waals surface area contributed by atoms with Crippen LogP contribution in [0, 0.1) is 5.92 Å². The molecule has 1 atom stereocenters. The van der Waals surface area contributed by atoms with E-state index in [1.54, 1.807) is 4.57 Å². The van der Waals surface area contributed by atoms with Gasteiger partial charge in [0.15, 0.2) is 16.5 Å². The Balaban J connectivity index is 1.79. The maximum atomic E-state index is 12.8. The zero-order chi connectivity index (χ0) is 18.2. The quantitative estimate of drug-likeness (QED) is 0.799. The maximum Gasteiger partial charge on any atom is 0.262 e. The molecule has 1 fully saturated rings. The third-order valence-electron chi connectivity index (χ3n) is 4.18. The van der Waals surface area contributed by atoms with E-state index in [9.17, 15) is 13.5 Å². The summed E-state index contributed by atoms with van der Waals surface area (Å²) in [5.74, 6) is 0.927. The van der Waals surface area contributed by atoms with Crippen molar-refractivity contribution in [3.8, 4) is 0 Å². The van der Waals surface area contributed by atoms with Crippen molar-refractivity contribution in [2.24, 2.45) is 5.92 Å². The van der Waals surface area contributed by atoms with Gasteiger partial charge in [-0.05, 0) is 5.92 Å². The van der Waals surface area contributed by atoms with Gasteiger partial charge in [0.2, 0.25) is 0 Å². The first-order valence-corrected chi connectivity index (χ1v) is 9.76. The largest absolute Gasteiger partial charge is 0.379 e. The van der Waals surface area contributed by atoms with Crippen molar-refractivity contribution in [3.05, 3.63) is 24.2 Å². The number of β-amino-alcohol motifs (C(OH)–C–C–N with tert-alkyl or cyclic N) is 1. The fourth-order valence-electron chi connectivity index (χ4n) is 2.85. The number of aryl methyl sites for hydroxylation is 1. The van der Waals surface area contributed by atoms with E-state index in [-0.39, 0.29) is 30.4 Å². The lowest BCUT2D eigenvalue weighted by molar-refractivity contribution is 0.0194. The fourth-order valence-corrected chi connectivity index (χ4v) is 4.28. The third-order valence-corrected chi connectivity index (χ3v) is 5.92. The van der Waals surface area contributed by atoms with Crippen molar-refractivity contribution in [3.63, 3.8) is 0 Å². The average Bonchev–Trinajstić information content (AvgIpc) is 3.25. The van der Waals surface area contributed by atoms with Gasteiger partial charge in [0.25, 0.3) is 15.9 Å². The summed E-state index contributed by atoms with van der Waals surface area (Å²) >= 11 is 0. The van der Waals surface area contributed by atoms with Crippen LogP contribution in [0.2, 0.25) is 0 Å². The zero-order valence-corrected chi connectivity index (χ0v) is 15.4. The molecule has 25 heavy (non-hydrogen) atoms. The van der Waals surface area contributed by atoms with Gasteiger partial charge < -0.3 is 14.2 Å². The van der Waals surface area contributed by atoms with E-state index < -0.39 is 15.6 Å². The van der Waals surface area contributed by atoms with Gasteiger partial charge in [-0.3, -0.25) is 0 Å². The van der Waals surface area contributed by atoms with Crippen LogP contribution in [-0.4, -0.2) is 50.6 Å². The van der Waals surface area contributed by atoms with Crippen LogP contribution in [0.5, 0.6) is 0 Å². The predicted octanol–water partition coefficient (Wildman–Crippen LogP) is 0.767. The number of hydrogen-bond donors (Lipinski definition) is 1. The molecule has 0 aliphatic carbocycles. The SMILES string of the molecule is CCc1noc(C2(O)CCN(S(=O)(=O)c3cn(CC(C)C)cn3)C2)n1. The van der Waals surface area contributed by atoms with Gasteiger partial charge in [0.05, 0.1) is 12.9 Å². The Morgan fingerprint density at radius 1 is 1.44 bits per heavy atom. The van der Waals surface area contributed by atoms with Gasteiger partial charge in [-0.1, -0.05) is 25.9 Å². The van der Waals surface area contributed by atoms with Crippen molar-refractivity contribution in [2.75, 3.05) is 13.1 Å². The Morgan fingerprint density at radius 2 is 2.20 bits per heavy atom. The highest BCUT2D eigenvalue weighted by atomic mass is 32.2. The van der Waals surface area contributed by atoms with E-state index in [2.05, 4.69) is 15.1 Å². The summed E-state index contributed by atoms with van der Waals surface area (Å²) in [5, 5.41) is 14.5. The summed E-state index contributed by atoms with van der Waals surface area (Å²) in [5.41, 5.74) is -1.46. The van der Waals surface area contributed by atoms with Gasteiger partial charge in [0.1, 0.15) is 0 Å². The van der Waals surface area contributed by atoms with Gasteiger partial charge >= 0.3 is 0 Å². The van der Waals surface area contributed by atoms with E-state index in [0.717, 1.165) is 0 Å². The molecule has 2 aromatic heterocycles. The molecule has 3 rings (SSSR count). The van der Waals surface area contributed by atoms with Crippen LogP contribution in [0.1, 0.15) is 38.9 Å². The van der Waals surface area contributed by atoms with E-state index in [4.69, 9.17) is 4.52 Å². The van der Waals surface area contributed by atoms with Crippen molar-refractivity contribution in [1.82, 2.24) is 24.0 Å². The predicted molar refractivity (Wildman–Crippen MR) is 88.0 cm³/mol. The molecule has 138 valence electrons. The van der Waals surface area contributed by atoms with Crippen molar-refractivity contribution in [1.29, 1.82) is 0 Å². The minimum Gasteiger partial charge on any atom is -0.379 e. The third kappa shape index (κ3) is 3.46. The smallest absolute Gasteiger partial charge is 0.262 e. The standard InChI is InChI=1S/C15H23N5O4S/c1-4-12-17-14(24-18-12)15(21)5-6-20(9-15)25(22,23)13-8-19(10-16-13)7-11(2)3/h8,10-11,21H,4-7,9H2,1-3H3. The highest BCUT2D eigenvalue weighted by Gasteiger charge is 2.47. The Kier molecular flexibility index (Phi) is 4.69. The number of hydrogen-bond acceptors (Lipinski definition) is 7. The highest BCUT2D eigenvalue weighted by molar-refractivity contribution is 7.89. The molecule has 1 unspecified atom stereocenters. The summed E-state index contributed by atoms with van der Waals surface area (Å²) in [6, 6.07) is 0. The lowest BCUT2D eigenvalue weighted by Crippen LogP contribution is -2.34. The molecule has 0 saturated carbocycles. The number of aliphatic hydroxyl groups is 1. The molecular weight excluding hydrogens is 346 g/mol. The van der Waals surface area contributed by atoms with Crippen LogP contribution in [0.4, 0.5) is 0 Å². The van der Waals surface area contributed by atoms with Crippen LogP contribution < -0.4 is 0 Å². The summed E-state index contributed by atoms with van der Waals surface area (Å²) in [4.78, 5) is 8.16. The van der Waals surface area contributed by atoms with E-state index in [1.165, 1.54) is 16.8 Å². The molecule has 1 aliphatic rings. The molecule has 1 saturated heterocycles. The lowest BCUT2D eigenvalue weighted by Gasteiger charge is -2.18. The van der Waals surface area contributed by atoms with Crippen LogP contribution in [0.25, 0.3) is 0 Å². The monoisotopic (exact) mass is 369 g/mol. The van der Waals surface area contributed by atoms with Crippen molar-refractivity contribution in [2.45, 2.75) is 50.8 Å². The zero-order valence-electron chi connectivity index (χ0n) is 14.6. The molecule has 0 radical (unpaired) electrons. The summed E-state index contributed by atoms with van der Waals surface area (Å²) in [6.07, 6.45) is 3.81. The normalized spacial score (nSPS) is 22.1. The molecule has 1 N–H and O–H groups in total. The molecule has 3 heterocycles.